The smallest absolute Gasteiger partial charge is 0.326 e. The van der Waals surface area contributed by atoms with Crippen molar-refractivity contribution in [2.75, 3.05) is 6.61 Å². The average molecular weight is 359 g/mol. The molecular weight excluding hydrogens is 338 g/mol. The summed E-state index contributed by atoms with van der Waals surface area (Å²) >= 11 is 0. The van der Waals surface area contributed by atoms with Crippen molar-refractivity contribution < 1.29 is 14.3 Å². The van der Waals surface area contributed by atoms with Crippen molar-refractivity contribution in [1.29, 1.82) is 0 Å². The van der Waals surface area contributed by atoms with Crippen LogP contribution in [0.15, 0.2) is 60.7 Å². The van der Waals surface area contributed by atoms with E-state index in [0.29, 0.717) is 35.7 Å². The van der Waals surface area contributed by atoms with E-state index in [1.54, 1.807) is 0 Å². The molecule has 2 heterocycles. The zero-order valence-electron chi connectivity index (χ0n) is 15.2. The van der Waals surface area contributed by atoms with Crippen molar-refractivity contribution in [1.82, 2.24) is 4.90 Å². The van der Waals surface area contributed by atoms with Crippen molar-refractivity contribution in [3.8, 4) is 5.75 Å². The van der Waals surface area contributed by atoms with Crippen molar-refractivity contribution in [3.63, 3.8) is 0 Å². The lowest BCUT2D eigenvalue weighted by Gasteiger charge is -2.55. The monoisotopic (exact) mass is 359 g/mol. The lowest BCUT2D eigenvalue weighted by atomic mass is 9.84. The molecule has 4 aliphatic rings. The Bertz CT molecular complexity index is 966. The zero-order chi connectivity index (χ0) is 18.2. The van der Waals surface area contributed by atoms with Crippen LogP contribution < -0.4 is 4.74 Å². The third kappa shape index (κ3) is 1.94. The topological polar surface area (TPSA) is 38.8 Å². The van der Waals surface area contributed by atoms with Crippen LogP contribution in [0.3, 0.4) is 0 Å². The number of carbonyl (C=O) groups is 1. The van der Waals surface area contributed by atoms with Crippen LogP contribution in [-0.2, 0) is 10.6 Å². The number of hydrogen-bond acceptors (Lipinski definition) is 3. The fourth-order valence-corrected chi connectivity index (χ4v) is 5.38. The third-order valence-corrected chi connectivity index (χ3v) is 6.66. The van der Waals surface area contributed by atoms with Gasteiger partial charge in [-0.05, 0) is 37.3 Å². The first kappa shape index (κ1) is 15.5. The van der Waals surface area contributed by atoms with E-state index in [1.807, 2.05) is 53.4 Å². The lowest BCUT2D eigenvalue weighted by Crippen LogP contribution is -2.67. The van der Waals surface area contributed by atoms with Gasteiger partial charge in [-0.2, -0.15) is 0 Å². The Kier molecular flexibility index (Phi) is 3.00. The molecule has 5 atom stereocenters. The van der Waals surface area contributed by atoms with Gasteiger partial charge in [-0.15, -0.1) is 0 Å². The quantitative estimate of drug-likeness (QED) is 0.726. The molecule has 1 saturated carbocycles. The molecule has 0 radical (unpaired) electrons. The molecule has 2 aliphatic carbocycles. The molecule has 2 aliphatic heterocycles. The van der Waals surface area contributed by atoms with Crippen LogP contribution in [-0.4, -0.2) is 23.5 Å². The lowest BCUT2D eigenvalue weighted by molar-refractivity contribution is -0.319. The fraction of sp³-hybridized carbons (Fsp3) is 0.348. The van der Waals surface area contributed by atoms with Crippen LogP contribution in [0.4, 0.5) is 0 Å². The molecule has 1 saturated heterocycles. The summed E-state index contributed by atoms with van der Waals surface area (Å²) in [5.74, 6) is 0.645. The summed E-state index contributed by atoms with van der Waals surface area (Å²) < 4.78 is 12.9. The molecule has 2 fully saturated rings. The van der Waals surface area contributed by atoms with Gasteiger partial charge in [0.25, 0.3) is 5.91 Å². The highest BCUT2D eigenvalue weighted by molar-refractivity contribution is 5.98. The molecule has 2 aromatic carbocycles. The van der Waals surface area contributed by atoms with Gasteiger partial charge in [-0.3, -0.25) is 9.69 Å². The van der Waals surface area contributed by atoms with E-state index in [4.69, 9.17) is 9.47 Å². The van der Waals surface area contributed by atoms with Crippen LogP contribution >= 0.6 is 0 Å². The van der Waals surface area contributed by atoms with E-state index in [2.05, 4.69) is 19.1 Å². The number of para-hydroxylation sites is 1. The van der Waals surface area contributed by atoms with Crippen molar-refractivity contribution in [2.45, 2.75) is 25.3 Å². The first-order chi connectivity index (χ1) is 13.2. The Balaban J connectivity index is 1.56. The Labute approximate surface area is 158 Å². The Morgan fingerprint density at radius 2 is 1.81 bits per heavy atom. The van der Waals surface area contributed by atoms with Gasteiger partial charge >= 0.3 is 5.91 Å². The summed E-state index contributed by atoms with van der Waals surface area (Å²) in [6.45, 7) is 2.66. The van der Waals surface area contributed by atoms with Gasteiger partial charge < -0.3 is 9.47 Å². The molecule has 2 bridgehead atoms. The van der Waals surface area contributed by atoms with Crippen LogP contribution in [0.25, 0.3) is 0 Å². The summed E-state index contributed by atoms with van der Waals surface area (Å²) in [6, 6.07) is 15.8. The van der Waals surface area contributed by atoms with E-state index < -0.39 is 5.91 Å². The predicted molar refractivity (Wildman–Crippen MR) is 100 cm³/mol. The Morgan fingerprint density at radius 3 is 2.67 bits per heavy atom. The van der Waals surface area contributed by atoms with E-state index in [0.717, 1.165) is 12.0 Å². The summed E-state index contributed by atoms with van der Waals surface area (Å²) in [5.41, 5.74) is 2.66. The van der Waals surface area contributed by atoms with Crippen molar-refractivity contribution >= 4 is 5.91 Å². The normalized spacial score (nSPS) is 35.4. The molecule has 0 N–H and O–H groups in total. The number of carbonyl (C=O) groups excluding carboxylic acids is 1. The first-order valence-corrected chi connectivity index (χ1v) is 9.68. The van der Waals surface area contributed by atoms with Gasteiger partial charge in [0, 0.05) is 11.5 Å². The minimum atomic E-state index is -1.18. The molecule has 4 nitrogen and oxygen atoms in total. The minimum Gasteiger partial charge on any atom is -0.439 e. The number of amides is 1. The van der Waals surface area contributed by atoms with Gasteiger partial charge in [0.1, 0.15) is 5.75 Å². The van der Waals surface area contributed by atoms with Crippen LogP contribution in [0.1, 0.15) is 27.9 Å². The molecule has 4 heteroatoms. The number of allylic oxidation sites excluding steroid dienone is 1. The van der Waals surface area contributed by atoms with Crippen LogP contribution in [0.5, 0.6) is 5.75 Å². The Hall–Kier alpha value is -2.59. The summed E-state index contributed by atoms with van der Waals surface area (Å²) in [6.07, 6.45) is 5.69. The number of hydrogen-bond donors (Lipinski definition) is 0. The van der Waals surface area contributed by atoms with Crippen LogP contribution in [0.2, 0.25) is 0 Å². The third-order valence-electron chi connectivity index (χ3n) is 6.66. The first-order valence-electron chi connectivity index (χ1n) is 9.68. The molecule has 6 rings (SSSR count). The maximum absolute atomic E-state index is 13.7. The standard InChI is InChI=1S/C23H21NO3/c1-14-6-10-17(11-7-14)23-24(22(25)18-4-2-3-5-20(18)27-23)21-16-9-8-15(12-16)19(21)13-26-23/h2-11,15-16,19,21H,12-13H2,1H3/t15-,16+,19-,21+,23+/m0/s1. The number of nitrogens with zero attached hydrogens (tertiary/aromatic N) is 1. The second-order valence-corrected chi connectivity index (χ2v) is 8.13. The van der Waals surface area contributed by atoms with Gasteiger partial charge in [0.15, 0.2) is 0 Å². The van der Waals surface area contributed by atoms with Gasteiger partial charge in [-0.1, -0.05) is 54.1 Å². The molecule has 1 amide bonds. The number of rotatable bonds is 1. The highest BCUT2D eigenvalue weighted by Gasteiger charge is 2.62. The number of benzene rings is 2. The molecule has 0 spiro atoms. The highest BCUT2D eigenvalue weighted by Crippen LogP contribution is 2.55. The molecular formula is C23H21NO3. The Morgan fingerprint density at radius 1 is 1.04 bits per heavy atom. The second-order valence-electron chi connectivity index (χ2n) is 8.13. The molecule has 136 valence electrons. The van der Waals surface area contributed by atoms with Gasteiger partial charge in [-0.25, -0.2) is 0 Å². The molecule has 0 unspecified atom stereocenters. The maximum atomic E-state index is 13.7. The summed E-state index contributed by atoms with van der Waals surface area (Å²) in [7, 11) is 0. The van der Waals surface area contributed by atoms with Crippen molar-refractivity contribution in [3.05, 3.63) is 77.4 Å². The SMILES string of the molecule is Cc1ccc([C@]23OC[C@@H]4[C@@H]([C@@H]5C=C[C@H]4C5)N2C(=O)c2ccccc2O3)cc1. The molecule has 27 heavy (non-hydrogen) atoms. The highest BCUT2D eigenvalue weighted by atomic mass is 16.7. The molecule has 0 aromatic heterocycles. The van der Waals surface area contributed by atoms with Crippen LogP contribution in [0, 0.1) is 24.7 Å². The van der Waals surface area contributed by atoms with Gasteiger partial charge in [0.05, 0.1) is 18.2 Å². The summed E-state index contributed by atoms with van der Waals surface area (Å²) in [4.78, 5) is 15.6. The van der Waals surface area contributed by atoms with Gasteiger partial charge in [0.2, 0.25) is 0 Å². The second kappa shape index (κ2) is 5.23. The van der Waals surface area contributed by atoms with Crippen molar-refractivity contribution in [2.24, 2.45) is 17.8 Å². The molecule has 2 aromatic rings. The fourth-order valence-electron chi connectivity index (χ4n) is 5.38. The predicted octanol–water partition coefficient (Wildman–Crippen LogP) is 3.86. The van der Waals surface area contributed by atoms with E-state index >= 15 is 0 Å². The number of aryl methyl sites for hydroxylation is 1. The van der Waals surface area contributed by atoms with E-state index in [1.165, 1.54) is 5.56 Å². The maximum Gasteiger partial charge on any atom is 0.326 e. The zero-order valence-corrected chi connectivity index (χ0v) is 15.2. The summed E-state index contributed by atoms with van der Waals surface area (Å²) in [5, 5.41) is 0. The number of ether oxygens (including phenoxy) is 2. The van der Waals surface area contributed by atoms with E-state index in [9.17, 15) is 4.79 Å². The average Bonchev–Trinajstić information content (AvgIpc) is 3.30. The largest absolute Gasteiger partial charge is 0.439 e. The minimum absolute atomic E-state index is 0.00748. The number of fused-ring (bicyclic) bond motifs is 8. The van der Waals surface area contributed by atoms with E-state index in [-0.39, 0.29) is 11.9 Å².